The molecule has 19 heavy (non-hydrogen) atoms. The van der Waals surface area contributed by atoms with Gasteiger partial charge in [-0.15, -0.1) is 0 Å². The first-order chi connectivity index (χ1) is 9.34. The Labute approximate surface area is 113 Å². The summed E-state index contributed by atoms with van der Waals surface area (Å²) in [5.41, 5.74) is 2.53. The van der Waals surface area contributed by atoms with Crippen LogP contribution in [0.3, 0.4) is 0 Å². The lowest BCUT2D eigenvalue weighted by Gasteiger charge is -2.03. The molecule has 1 heterocycles. The van der Waals surface area contributed by atoms with Gasteiger partial charge in [-0.3, -0.25) is 0 Å². The van der Waals surface area contributed by atoms with Crippen molar-refractivity contribution in [3.63, 3.8) is 0 Å². The Hall–Kier alpha value is -2.35. The zero-order valence-corrected chi connectivity index (χ0v) is 11.0. The van der Waals surface area contributed by atoms with Gasteiger partial charge in [0.15, 0.2) is 0 Å². The third-order valence-electron chi connectivity index (χ3n) is 3.36. The van der Waals surface area contributed by atoms with Crippen molar-refractivity contribution in [1.82, 2.24) is 4.57 Å². The van der Waals surface area contributed by atoms with Crippen LogP contribution in [-0.4, -0.2) is 4.57 Å². The van der Waals surface area contributed by atoms with Crippen LogP contribution in [0.5, 0.6) is 0 Å². The van der Waals surface area contributed by atoms with Gasteiger partial charge in [0.05, 0.1) is 13.5 Å². The Morgan fingerprint density at radius 3 is 2.21 bits per heavy atom. The standard InChI is InChI=1S/C17H17N2/c1-18-12-13-19(16-10-6-3-7-11-16)17(18)14-15-8-4-2-5-9-15/h2-13H,14H2,1H3/q+1. The van der Waals surface area contributed by atoms with Crippen molar-refractivity contribution in [3.8, 4) is 5.69 Å². The highest BCUT2D eigenvalue weighted by Gasteiger charge is 2.16. The maximum atomic E-state index is 2.24. The summed E-state index contributed by atoms with van der Waals surface area (Å²) in [5, 5.41) is 0. The van der Waals surface area contributed by atoms with Crippen LogP contribution < -0.4 is 4.57 Å². The highest BCUT2D eigenvalue weighted by Crippen LogP contribution is 2.12. The molecule has 3 rings (SSSR count). The van der Waals surface area contributed by atoms with Gasteiger partial charge >= 0.3 is 0 Å². The minimum absolute atomic E-state index is 0.930. The van der Waals surface area contributed by atoms with Crippen LogP contribution in [0.2, 0.25) is 0 Å². The summed E-state index contributed by atoms with van der Waals surface area (Å²) in [6.45, 7) is 0. The molecule has 0 aliphatic carbocycles. The van der Waals surface area contributed by atoms with Gasteiger partial charge in [0.2, 0.25) is 0 Å². The van der Waals surface area contributed by atoms with Crippen molar-refractivity contribution in [1.29, 1.82) is 0 Å². The lowest BCUT2D eigenvalue weighted by atomic mass is 10.1. The van der Waals surface area contributed by atoms with E-state index in [4.69, 9.17) is 0 Å². The van der Waals surface area contributed by atoms with Crippen LogP contribution in [0.25, 0.3) is 5.69 Å². The van der Waals surface area contributed by atoms with E-state index >= 15 is 0 Å². The highest BCUT2D eigenvalue weighted by atomic mass is 15.1. The lowest BCUT2D eigenvalue weighted by Crippen LogP contribution is -2.32. The van der Waals surface area contributed by atoms with E-state index in [0.29, 0.717) is 0 Å². The first-order valence-electron chi connectivity index (χ1n) is 6.50. The van der Waals surface area contributed by atoms with Crippen LogP contribution in [0, 0.1) is 0 Å². The maximum absolute atomic E-state index is 2.24. The Morgan fingerprint density at radius 2 is 1.53 bits per heavy atom. The second-order valence-electron chi connectivity index (χ2n) is 4.69. The van der Waals surface area contributed by atoms with E-state index in [1.165, 1.54) is 17.1 Å². The number of aromatic nitrogens is 2. The smallest absolute Gasteiger partial charge is 0.236 e. The third-order valence-corrected chi connectivity index (χ3v) is 3.36. The van der Waals surface area contributed by atoms with Gasteiger partial charge in [0.25, 0.3) is 5.82 Å². The number of benzene rings is 2. The first kappa shape index (κ1) is 11.7. The molecule has 0 aliphatic heterocycles. The van der Waals surface area contributed by atoms with E-state index in [-0.39, 0.29) is 0 Å². The Morgan fingerprint density at radius 1 is 0.895 bits per heavy atom. The molecule has 0 saturated carbocycles. The van der Waals surface area contributed by atoms with Gasteiger partial charge in [0, 0.05) is 0 Å². The molecular formula is C17H17N2+. The fourth-order valence-corrected chi connectivity index (χ4v) is 2.32. The molecule has 2 aromatic carbocycles. The van der Waals surface area contributed by atoms with Crippen molar-refractivity contribution in [2.45, 2.75) is 6.42 Å². The molecule has 0 radical (unpaired) electrons. The zero-order chi connectivity index (χ0) is 13.1. The van der Waals surface area contributed by atoms with Gasteiger partial charge in [-0.1, -0.05) is 48.5 Å². The topological polar surface area (TPSA) is 8.81 Å². The molecule has 94 valence electrons. The number of rotatable bonds is 3. The van der Waals surface area contributed by atoms with Gasteiger partial charge in [-0.2, -0.15) is 4.57 Å². The quantitative estimate of drug-likeness (QED) is 0.631. The molecule has 0 saturated heterocycles. The van der Waals surface area contributed by atoms with Gasteiger partial charge in [0.1, 0.15) is 18.1 Å². The van der Waals surface area contributed by atoms with E-state index in [1.807, 2.05) is 6.07 Å². The molecule has 0 atom stereocenters. The van der Waals surface area contributed by atoms with Crippen LogP contribution in [-0.2, 0) is 13.5 Å². The van der Waals surface area contributed by atoms with Crippen molar-refractivity contribution in [2.75, 3.05) is 0 Å². The molecule has 0 spiro atoms. The summed E-state index contributed by atoms with van der Waals surface area (Å²) < 4.78 is 4.42. The number of imidazole rings is 1. The molecule has 0 amide bonds. The van der Waals surface area contributed by atoms with E-state index in [1.54, 1.807) is 0 Å². The number of hydrogen-bond donors (Lipinski definition) is 0. The van der Waals surface area contributed by atoms with Gasteiger partial charge < -0.3 is 0 Å². The van der Waals surface area contributed by atoms with E-state index in [0.717, 1.165) is 6.42 Å². The molecule has 2 nitrogen and oxygen atoms in total. The number of nitrogens with zero attached hydrogens (tertiary/aromatic N) is 2. The molecular weight excluding hydrogens is 232 g/mol. The fraction of sp³-hybridized carbons (Fsp3) is 0.118. The predicted molar refractivity (Wildman–Crippen MR) is 76.2 cm³/mol. The van der Waals surface area contributed by atoms with Crippen LogP contribution in [0.15, 0.2) is 73.1 Å². The summed E-state index contributed by atoms with van der Waals surface area (Å²) in [6.07, 6.45) is 5.15. The molecule has 2 heteroatoms. The monoisotopic (exact) mass is 249 g/mol. The number of para-hydroxylation sites is 1. The van der Waals surface area contributed by atoms with Crippen molar-refractivity contribution < 1.29 is 4.57 Å². The second-order valence-corrected chi connectivity index (χ2v) is 4.69. The average molecular weight is 249 g/mol. The van der Waals surface area contributed by atoms with Crippen molar-refractivity contribution >= 4 is 0 Å². The van der Waals surface area contributed by atoms with Crippen molar-refractivity contribution in [3.05, 3.63) is 84.4 Å². The molecule has 0 bridgehead atoms. The Bertz CT molecular complexity index is 654. The molecule has 0 N–H and O–H groups in total. The van der Waals surface area contributed by atoms with E-state index in [9.17, 15) is 0 Å². The summed E-state index contributed by atoms with van der Waals surface area (Å²) in [7, 11) is 2.09. The van der Waals surface area contributed by atoms with Gasteiger partial charge in [-0.25, -0.2) is 4.57 Å². The van der Waals surface area contributed by atoms with Crippen LogP contribution in [0.1, 0.15) is 11.4 Å². The summed E-state index contributed by atoms with van der Waals surface area (Å²) >= 11 is 0. The minimum Gasteiger partial charge on any atom is -0.236 e. The largest absolute Gasteiger partial charge is 0.265 e. The number of hydrogen-bond acceptors (Lipinski definition) is 0. The molecule has 0 aliphatic rings. The summed E-state index contributed by atoms with van der Waals surface area (Å²) in [4.78, 5) is 0. The van der Waals surface area contributed by atoms with Crippen LogP contribution in [0.4, 0.5) is 0 Å². The summed E-state index contributed by atoms with van der Waals surface area (Å²) in [5.74, 6) is 1.28. The van der Waals surface area contributed by atoms with E-state index in [2.05, 4.69) is 83.2 Å². The molecule has 1 aromatic heterocycles. The third kappa shape index (κ3) is 2.43. The second kappa shape index (κ2) is 5.11. The average Bonchev–Trinajstić information content (AvgIpc) is 2.82. The zero-order valence-electron chi connectivity index (χ0n) is 11.0. The minimum atomic E-state index is 0.930. The fourth-order valence-electron chi connectivity index (χ4n) is 2.32. The molecule has 0 unspecified atom stereocenters. The normalized spacial score (nSPS) is 10.6. The highest BCUT2D eigenvalue weighted by molar-refractivity contribution is 5.33. The van der Waals surface area contributed by atoms with Gasteiger partial charge in [-0.05, 0) is 17.7 Å². The first-order valence-corrected chi connectivity index (χ1v) is 6.50. The predicted octanol–water partition coefficient (Wildman–Crippen LogP) is 2.89. The maximum Gasteiger partial charge on any atom is 0.265 e. The van der Waals surface area contributed by atoms with Crippen molar-refractivity contribution in [2.24, 2.45) is 7.05 Å². The SMILES string of the molecule is C[n+]1ccn(-c2ccccc2)c1Cc1ccccc1. The molecule has 0 fully saturated rings. The Kier molecular flexibility index (Phi) is 3.15. The summed E-state index contributed by atoms with van der Waals surface area (Å²) in [6, 6.07) is 21.0. The molecule has 3 aromatic rings. The Balaban J connectivity index is 2.00. The lowest BCUT2D eigenvalue weighted by molar-refractivity contribution is -0.678. The van der Waals surface area contributed by atoms with Crippen LogP contribution >= 0.6 is 0 Å². The number of aryl methyl sites for hydroxylation is 1. The van der Waals surface area contributed by atoms with E-state index < -0.39 is 0 Å².